The molecule has 1 nitrogen and oxygen atoms in total. The second-order valence-electron chi connectivity index (χ2n) is 3.91. The summed E-state index contributed by atoms with van der Waals surface area (Å²) in [6.45, 7) is 6.67. The van der Waals surface area contributed by atoms with E-state index in [-0.39, 0.29) is 0 Å². The van der Waals surface area contributed by atoms with E-state index in [1.165, 1.54) is 18.4 Å². The molecule has 0 spiro atoms. The minimum Gasteiger partial charge on any atom is -0.324 e. The molecular formula is C10H19N. The Morgan fingerprint density at radius 3 is 2.45 bits per heavy atom. The Morgan fingerprint density at radius 1 is 1.55 bits per heavy atom. The van der Waals surface area contributed by atoms with E-state index < -0.39 is 0 Å². The highest BCUT2D eigenvalue weighted by atomic mass is 14.7. The van der Waals surface area contributed by atoms with Crippen LogP contribution in [0.2, 0.25) is 0 Å². The van der Waals surface area contributed by atoms with Crippen LogP contribution in [0.5, 0.6) is 0 Å². The van der Waals surface area contributed by atoms with Gasteiger partial charge in [-0.05, 0) is 31.6 Å². The number of rotatable bonds is 1. The van der Waals surface area contributed by atoms with Crippen molar-refractivity contribution < 1.29 is 0 Å². The normalized spacial score (nSPS) is 35.5. The van der Waals surface area contributed by atoms with E-state index in [9.17, 15) is 0 Å². The number of allylic oxidation sites excluding steroid dienone is 1. The molecule has 0 bridgehead atoms. The Bertz CT molecular complexity index is 158. The highest BCUT2D eigenvalue weighted by Gasteiger charge is 2.27. The molecule has 0 aromatic rings. The van der Waals surface area contributed by atoms with Gasteiger partial charge in [0.05, 0.1) is 0 Å². The number of nitrogens with two attached hydrogens (primary N) is 1. The maximum Gasteiger partial charge on any atom is 0.0256 e. The lowest BCUT2D eigenvalue weighted by atomic mass is 9.94. The topological polar surface area (TPSA) is 26.0 Å². The van der Waals surface area contributed by atoms with Gasteiger partial charge < -0.3 is 5.73 Å². The van der Waals surface area contributed by atoms with Crippen LogP contribution in [0, 0.1) is 11.8 Å². The van der Waals surface area contributed by atoms with Gasteiger partial charge in [0.15, 0.2) is 0 Å². The summed E-state index contributed by atoms with van der Waals surface area (Å²) in [5, 5.41) is 0. The van der Waals surface area contributed by atoms with Gasteiger partial charge in [-0.15, -0.1) is 0 Å². The Kier molecular flexibility index (Phi) is 2.72. The fraction of sp³-hybridized carbons (Fsp3) is 0.800. The SMILES string of the molecule is C/C=C1\CC(C(C)C)CC1N. The monoisotopic (exact) mass is 153 g/mol. The third-order valence-corrected chi connectivity index (χ3v) is 2.84. The Hall–Kier alpha value is -0.300. The molecule has 2 unspecified atom stereocenters. The summed E-state index contributed by atoms with van der Waals surface area (Å²) in [5.41, 5.74) is 7.41. The van der Waals surface area contributed by atoms with Crippen LogP contribution in [0.1, 0.15) is 33.6 Å². The summed E-state index contributed by atoms with van der Waals surface area (Å²) in [6.07, 6.45) is 4.61. The van der Waals surface area contributed by atoms with Crippen LogP contribution in [0.25, 0.3) is 0 Å². The lowest BCUT2D eigenvalue weighted by Gasteiger charge is -2.12. The van der Waals surface area contributed by atoms with Crippen LogP contribution in [0.15, 0.2) is 11.6 Å². The van der Waals surface area contributed by atoms with E-state index in [0.29, 0.717) is 6.04 Å². The summed E-state index contributed by atoms with van der Waals surface area (Å²) in [7, 11) is 0. The first-order valence-corrected chi connectivity index (χ1v) is 4.55. The van der Waals surface area contributed by atoms with Crippen molar-refractivity contribution in [3.8, 4) is 0 Å². The van der Waals surface area contributed by atoms with Crippen molar-refractivity contribution in [3.63, 3.8) is 0 Å². The summed E-state index contributed by atoms with van der Waals surface area (Å²) in [4.78, 5) is 0. The van der Waals surface area contributed by atoms with Crippen LogP contribution in [-0.2, 0) is 0 Å². The van der Waals surface area contributed by atoms with Crippen LogP contribution < -0.4 is 5.73 Å². The number of hydrogen-bond acceptors (Lipinski definition) is 1. The summed E-state index contributed by atoms with van der Waals surface area (Å²) < 4.78 is 0. The molecule has 0 aliphatic heterocycles. The van der Waals surface area contributed by atoms with Crippen molar-refractivity contribution in [1.29, 1.82) is 0 Å². The van der Waals surface area contributed by atoms with Gasteiger partial charge in [-0.25, -0.2) is 0 Å². The lowest BCUT2D eigenvalue weighted by Crippen LogP contribution is -2.17. The second-order valence-corrected chi connectivity index (χ2v) is 3.91. The van der Waals surface area contributed by atoms with Crippen molar-refractivity contribution >= 4 is 0 Å². The molecule has 2 atom stereocenters. The molecule has 64 valence electrons. The van der Waals surface area contributed by atoms with Crippen LogP contribution in [0.3, 0.4) is 0 Å². The summed E-state index contributed by atoms with van der Waals surface area (Å²) >= 11 is 0. The first-order chi connectivity index (χ1) is 5.15. The molecule has 1 aliphatic rings. The van der Waals surface area contributed by atoms with Crippen molar-refractivity contribution in [3.05, 3.63) is 11.6 Å². The zero-order valence-corrected chi connectivity index (χ0v) is 7.80. The van der Waals surface area contributed by atoms with Gasteiger partial charge in [0.1, 0.15) is 0 Å². The zero-order valence-electron chi connectivity index (χ0n) is 7.80. The van der Waals surface area contributed by atoms with Crippen molar-refractivity contribution in [2.24, 2.45) is 17.6 Å². The fourth-order valence-corrected chi connectivity index (χ4v) is 1.85. The van der Waals surface area contributed by atoms with Gasteiger partial charge in [-0.2, -0.15) is 0 Å². The predicted molar refractivity (Wildman–Crippen MR) is 49.3 cm³/mol. The fourth-order valence-electron chi connectivity index (χ4n) is 1.85. The molecule has 2 N–H and O–H groups in total. The molecule has 1 fully saturated rings. The Labute approximate surface area is 69.7 Å². The van der Waals surface area contributed by atoms with Crippen LogP contribution in [-0.4, -0.2) is 6.04 Å². The molecular weight excluding hydrogens is 134 g/mol. The van der Waals surface area contributed by atoms with Gasteiger partial charge in [-0.3, -0.25) is 0 Å². The second kappa shape index (κ2) is 3.40. The van der Waals surface area contributed by atoms with Gasteiger partial charge in [0.2, 0.25) is 0 Å². The molecule has 0 aromatic heterocycles. The highest BCUT2D eigenvalue weighted by Crippen LogP contribution is 2.34. The molecule has 1 aliphatic carbocycles. The minimum atomic E-state index is 0.354. The molecule has 0 amide bonds. The van der Waals surface area contributed by atoms with E-state index in [1.54, 1.807) is 0 Å². The van der Waals surface area contributed by atoms with Crippen molar-refractivity contribution in [2.45, 2.75) is 39.7 Å². The van der Waals surface area contributed by atoms with Gasteiger partial charge in [-0.1, -0.05) is 25.5 Å². The lowest BCUT2D eigenvalue weighted by molar-refractivity contribution is 0.394. The first-order valence-electron chi connectivity index (χ1n) is 4.55. The Morgan fingerprint density at radius 2 is 2.18 bits per heavy atom. The summed E-state index contributed by atoms with van der Waals surface area (Å²) in [6, 6.07) is 0.354. The van der Waals surface area contributed by atoms with Gasteiger partial charge >= 0.3 is 0 Å². The van der Waals surface area contributed by atoms with Crippen LogP contribution >= 0.6 is 0 Å². The molecule has 1 heteroatoms. The smallest absolute Gasteiger partial charge is 0.0256 e. The van der Waals surface area contributed by atoms with E-state index >= 15 is 0 Å². The Balaban J connectivity index is 2.57. The molecule has 1 rings (SSSR count). The average Bonchev–Trinajstić information content (AvgIpc) is 2.31. The third-order valence-electron chi connectivity index (χ3n) is 2.84. The van der Waals surface area contributed by atoms with Gasteiger partial charge in [0.25, 0.3) is 0 Å². The molecule has 0 heterocycles. The third kappa shape index (κ3) is 1.84. The average molecular weight is 153 g/mol. The molecule has 11 heavy (non-hydrogen) atoms. The zero-order chi connectivity index (χ0) is 8.43. The molecule has 0 aromatic carbocycles. The molecule has 0 saturated heterocycles. The quantitative estimate of drug-likeness (QED) is 0.575. The summed E-state index contributed by atoms with van der Waals surface area (Å²) in [5.74, 6) is 1.62. The van der Waals surface area contributed by atoms with Gasteiger partial charge in [0, 0.05) is 6.04 Å². The molecule has 0 radical (unpaired) electrons. The largest absolute Gasteiger partial charge is 0.324 e. The van der Waals surface area contributed by atoms with Crippen LogP contribution in [0.4, 0.5) is 0 Å². The standard InChI is InChI=1S/C10H19N/c1-4-8-5-9(7(2)3)6-10(8)11/h4,7,9-10H,5-6,11H2,1-3H3/b8-4+. The van der Waals surface area contributed by atoms with E-state index in [2.05, 4.69) is 26.8 Å². The maximum atomic E-state index is 5.95. The predicted octanol–water partition coefficient (Wildman–Crippen LogP) is 2.33. The van der Waals surface area contributed by atoms with E-state index in [4.69, 9.17) is 5.73 Å². The maximum absolute atomic E-state index is 5.95. The highest BCUT2D eigenvalue weighted by molar-refractivity contribution is 5.15. The number of hydrogen-bond donors (Lipinski definition) is 1. The van der Waals surface area contributed by atoms with E-state index in [1.807, 2.05) is 0 Å². The van der Waals surface area contributed by atoms with E-state index in [0.717, 1.165) is 11.8 Å². The molecule has 1 saturated carbocycles. The first kappa shape index (κ1) is 8.79. The van der Waals surface area contributed by atoms with Crippen molar-refractivity contribution in [2.75, 3.05) is 0 Å². The van der Waals surface area contributed by atoms with Crippen molar-refractivity contribution in [1.82, 2.24) is 0 Å². The minimum absolute atomic E-state index is 0.354.